The number of aliphatic carboxylic acids is 1. The summed E-state index contributed by atoms with van der Waals surface area (Å²) >= 11 is 0. The van der Waals surface area contributed by atoms with E-state index in [-0.39, 0.29) is 12.6 Å². The number of carboxylic acid groups (broad SMARTS) is 1. The van der Waals surface area contributed by atoms with Crippen molar-refractivity contribution in [3.05, 3.63) is 0 Å². The zero-order valence-corrected chi connectivity index (χ0v) is 9.86. The van der Waals surface area contributed by atoms with Crippen LogP contribution in [0.15, 0.2) is 0 Å². The van der Waals surface area contributed by atoms with Crippen molar-refractivity contribution in [1.82, 2.24) is 9.80 Å². The van der Waals surface area contributed by atoms with Gasteiger partial charge in [-0.3, -0.25) is 4.79 Å². The highest BCUT2D eigenvalue weighted by Gasteiger charge is 2.19. The minimum atomic E-state index is -0.882. The number of hydrogen-bond acceptors (Lipinski definition) is 2. The molecule has 0 fully saturated rings. The molecule has 0 aromatic rings. The molecule has 5 heteroatoms. The van der Waals surface area contributed by atoms with Gasteiger partial charge in [-0.2, -0.15) is 0 Å². The molecule has 1 atom stereocenters. The number of carbonyl (C=O) groups is 2. The van der Waals surface area contributed by atoms with Crippen molar-refractivity contribution in [1.29, 1.82) is 0 Å². The minimum Gasteiger partial charge on any atom is -0.481 e. The molecule has 1 N–H and O–H groups in total. The van der Waals surface area contributed by atoms with Gasteiger partial charge in [0, 0.05) is 27.2 Å². The topological polar surface area (TPSA) is 60.9 Å². The van der Waals surface area contributed by atoms with Gasteiger partial charge in [0.1, 0.15) is 0 Å². The van der Waals surface area contributed by atoms with Crippen LogP contribution in [-0.2, 0) is 4.79 Å². The van der Waals surface area contributed by atoms with E-state index in [0.29, 0.717) is 6.54 Å². The Kier molecular flexibility index (Phi) is 5.74. The Labute approximate surface area is 90.7 Å². The molecule has 0 spiro atoms. The third-order valence-corrected chi connectivity index (χ3v) is 2.18. The van der Waals surface area contributed by atoms with E-state index in [1.807, 2.05) is 6.92 Å². The molecule has 2 amide bonds. The molecule has 0 aromatic carbocycles. The highest BCUT2D eigenvalue weighted by Crippen LogP contribution is 2.01. The molecule has 15 heavy (non-hydrogen) atoms. The van der Waals surface area contributed by atoms with Gasteiger partial charge >= 0.3 is 12.0 Å². The maximum atomic E-state index is 11.6. The quantitative estimate of drug-likeness (QED) is 0.748. The first-order valence-electron chi connectivity index (χ1n) is 5.09. The number of rotatable bonds is 5. The lowest BCUT2D eigenvalue weighted by molar-refractivity contribution is -0.141. The lowest BCUT2D eigenvalue weighted by atomic mass is 10.2. The molecular weight excluding hydrogens is 196 g/mol. The van der Waals surface area contributed by atoms with E-state index in [0.717, 1.165) is 6.42 Å². The Bertz CT molecular complexity index is 231. The number of nitrogens with zero attached hydrogens (tertiary/aromatic N) is 2. The molecule has 0 bridgehead atoms. The van der Waals surface area contributed by atoms with E-state index >= 15 is 0 Å². The van der Waals surface area contributed by atoms with Gasteiger partial charge in [-0.15, -0.1) is 0 Å². The number of amides is 2. The Hall–Kier alpha value is -1.26. The molecule has 0 aliphatic rings. The third kappa shape index (κ3) is 4.67. The second-order valence-electron chi connectivity index (χ2n) is 3.82. The fourth-order valence-corrected chi connectivity index (χ4v) is 1.29. The normalized spacial score (nSPS) is 12.0. The van der Waals surface area contributed by atoms with Gasteiger partial charge in [0.25, 0.3) is 0 Å². The van der Waals surface area contributed by atoms with Gasteiger partial charge in [-0.1, -0.05) is 13.8 Å². The summed E-state index contributed by atoms with van der Waals surface area (Å²) < 4.78 is 0. The molecular formula is C10H20N2O3. The van der Waals surface area contributed by atoms with Crippen molar-refractivity contribution in [2.75, 3.05) is 27.2 Å². The summed E-state index contributed by atoms with van der Waals surface area (Å²) in [6, 6.07) is -0.134. The average Bonchev–Trinajstić information content (AvgIpc) is 2.16. The Balaban J connectivity index is 4.14. The van der Waals surface area contributed by atoms with E-state index in [2.05, 4.69) is 0 Å². The molecule has 0 saturated carbocycles. The van der Waals surface area contributed by atoms with Crippen molar-refractivity contribution in [3.63, 3.8) is 0 Å². The first kappa shape index (κ1) is 13.7. The van der Waals surface area contributed by atoms with Gasteiger partial charge in [-0.25, -0.2) is 4.79 Å². The van der Waals surface area contributed by atoms with Gasteiger partial charge in [-0.05, 0) is 6.42 Å². The highest BCUT2D eigenvalue weighted by atomic mass is 16.4. The summed E-state index contributed by atoms with van der Waals surface area (Å²) in [5.41, 5.74) is 0. The van der Waals surface area contributed by atoms with E-state index in [1.165, 1.54) is 4.90 Å². The molecule has 0 aliphatic heterocycles. The van der Waals surface area contributed by atoms with E-state index in [4.69, 9.17) is 5.11 Å². The van der Waals surface area contributed by atoms with Crippen LogP contribution >= 0.6 is 0 Å². The summed E-state index contributed by atoms with van der Waals surface area (Å²) in [6.07, 6.45) is 0.893. The predicted octanol–water partition coefficient (Wildman–Crippen LogP) is 1.10. The molecule has 0 aromatic heterocycles. The molecule has 0 heterocycles. The number of urea groups is 1. The van der Waals surface area contributed by atoms with Crippen LogP contribution in [0.2, 0.25) is 0 Å². The van der Waals surface area contributed by atoms with Gasteiger partial charge in [0.2, 0.25) is 0 Å². The van der Waals surface area contributed by atoms with Crippen LogP contribution in [0.25, 0.3) is 0 Å². The van der Waals surface area contributed by atoms with Crippen molar-refractivity contribution in [2.24, 2.45) is 5.92 Å². The average molecular weight is 216 g/mol. The van der Waals surface area contributed by atoms with E-state index < -0.39 is 11.9 Å². The van der Waals surface area contributed by atoms with Crippen molar-refractivity contribution >= 4 is 12.0 Å². The third-order valence-electron chi connectivity index (χ3n) is 2.18. The van der Waals surface area contributed by atoms with Gasteiger partial charge in [0.05, 0.1) is 5.92 Å². The van der Waals surface area contributed by atoms with Crippen molar-refractivity contribution < 1.29 is 14.7 Å². The van der Waals surface area contributed by atoms with Gasteiger partial charge < -0.3 is 14.9 Å². The first-order valence-corrected chi connectivity index (χ1v) is 5.09. The van der Waals surface area contributed by atoms with Crippen LogP contribution in [-0.4, -0.2) is 54.1 Å². The van der Waals surface area contributed by atoms with E-state index in [9.17, 15) is 9.59 Å². The smallest absolute Gasteiger partial charge is 0.319 e. The SMILES string of the molecule is CCCN(C)C(=O)N(C)CC(C)C(=O)O. The lowest BCUT2D eigenvalue weighted by Crippen LogP contribution is -2.42. The van der Waals surface area contributed by atoms with Gasteiger partial charge in [0.15, 0.2) is 0 Å². The second-order valence-corrected chi connectivity index (χ2v) is 3.82. The Morgan fingerprint density at radius 3 is 2.20 bits per heavy atom. The first-order chi connectivity index (χ1) is 6.90. The summed E-state index contributed by atoms with van der Waals surface area (Å²) in [4.78, 5) is 25.3. The van der Waals surface area contributed by atoms with Crippen LogP contribution in [0, 0.1) is 5.92 Å². The maximum Gasteiger partial charge on any atom is 0.319 e. The largest absolute Gasteiger partial charge is 0.481 e. The minimum absolute atomic E-state index is 0.134. The lowest BCUT2D eigenvalue weighted by Gasteiger charge is -2.25. The Morgan fingerprint density at radius 2 is 1.80 bits per heavy atom. The van der Waals surface area contributed by atoms with Crippen molar-refractivity contribution in [2.45, 2.75) is 20.3 Å². The maximum absolute atomic E-state index is 11.6. The number of hydrogen-bond donors (Lipinski definition) is 1. The molecule has 0 radical (unpaired) electrons. The fraction of sp³-hybridized carbons (Fsp3) is 0.800. The van der Waals surface area contributed by atoms with Crippen LogP contribution in [0.4, 0.5) is 4.79 Å². The van der Waals surface area contributed by atoms with Crippen LogP contribution in [0.1, 0.15) is 20.3 Å². The summed E-state index contributed by atoms with van der Waals surface area (Å²) in [5, 5.41) is 8.70. The molecule has 88 valence electrons. The summed E-state index contributed by atoms with van der Waals surface area (Å²) in [7, 11) is 3.34. The fourth-order valence-electron chi connectivity index (χ4n) is 1.29. The van der Waals surface area contributed by atoms with Crippen LogP contribution in [0.5, 0.6) is 0 Å². The van der Waals surface area contributed by atoms with Crippen LogP contribution in [0.3, 0.4) is 0 Å². The second kappa shape index (κ2) is 6.27. The zero-order chi connectivity index (χ0) is 12.0. The predicted molar refractivity (Wildman–Crippen MR) is 57.7 cm³/mol. The molecule has 0 aliphatic carbocycles. The van der Waals surface area contributed by atoms with E-state index in [1.54, 1.807) is 25.9 Å². The summed E-state index contributed by atoms with van der Waals surface area (Å²) in [6.45, 7) is 4.50. The summed E-state index contributed by atoms with van der Waals surface area (Å²) in [5.74, 6) is -1.42. The number of carbonyl (C=O) groups excluding carboxylic acids is 1. The van der Waals surface area contributed by atoms with Crippen LogP contribution < -0.4 is 0 Å². The van der Waals surface area contributed by atoms with Crippen molar-refractivity contribution in [3.8, 4) is 0 Å². The molecule has 5 nitrogen and oxygen atoms in total. The molecule has 0 saturated heterocycles. The molecule has 0 rings (SSSR count). The Morgan fingerprint density at radius 1 is 1.27 bits per heavy atom. The number of carboxylic acids is 1. The standard InChI is InChI=1S/C10H20N2O3/c1-5-6-11(3)10(15)12(4)7-8(2)9(13)14/h8H,5-7H2,1-4H3,(H,13,14). The monoisotopic (exact) mass is 216 g/mol. The molecule has 1 unspecified atom stereocenters. The zero-order valence-electron chi connectivity index (χ0n) is 9.86. The highest BCUT2D eigenvalue weighted by molar-refractivity contribution is 5.75.